The smallest absolute Gasteiger partial charge is 0.263 e. The third-order valence-electron chi connectivity index (χ3n) is 4.92. The van der Waals surface area contributed by atoms with Gasteiger partial charge in [-0.3, -0.25) is 4.18 Å². The molecule has 0 heterocycles. The van der Waals surface area contributed by atoms with E-state index in [2.05, 4.69) is 25.0 Å². The van der Waals surface area contributed by atoms with E-state index in [0.29, 0.717) is 13.0 Å². The Balaban J connectivity index is 2.02. The van der Waals surface area contributed by atoms with Crippen LogP contribution in [0.2, 0.25) is 0 Å². The second-order valence-electron chi connectivity index (χ2n) is 7.46. The Morgan fingerprint density at radius 2 is 1.42 bits per heavy atom. The van der Waals surface area contributed by atoms with Crippen LogP contribution in [0.25, 0.3) is 0 Å². The lowest BCUT2D eigenvalue weighted by Crippen LogP contribution is -2.18. The van der Waals surface area contributed by atoms with E-state index in [0.717, 1.165) is 56.9 Å². The highest BCUT2D eigenvalue weighted by Gasteiger charge is 2.20. The van der Waals surface area contributed by atoms with E-state index in [-0.39, 0.29) is 11.0 Å². The molecule has 0 aliphatic carbocycles. The summed E-state index contributed by atoms with van der Waals surface area (Å²) < 4.78 is 30.3. The fraction of sp³-hybridized carbons (Fsp3) is 0.714. The minimum atomic E-state index is -3.70. The van der Waals surface area contributed by atoms with Crippen molar-refractivity contribution in [2.45, 2.75) is 95.5 Å². The zero-order chi connectivity index (χ0) is 22.8. The average Bonchev–Trinajstić information content (AvgIpc) is 2.75. The fourth-order valence-electron chi connectivity index (χ4n) is 3.11. The average molecular weight is 465 g/mol. The lowest BCUT2D eigenvalue weighted by Gasteiger charge is -2.16. The number of unbranched alkanes of at least 4 members (excludes halogenated alkanes) is 8. The molecule has 31 heavy (non-hydrogen) atoms. The van der Waals surface area contributed by atoms with E-state index in [1.807, 2.05) is 13.8 Å². The first-order valence-electron chi connectivity index (χ1n) is 10.9. The van der Waals surface area contributed by atoms with Gasteiger partial charge in [-0.15, -0.1) is 0 Å². The van der Waals surface area contributed by atoms with Crippen molar-refractivity contribution in [1.29, 1.82) is 0 Å². The van der Waals surface area contributed by atoms with Crippen molar-refractivity contribution in [3.05, 3.63) is 29.8 Å². The minimum absolute atomic E-state index is 0.217. The molecule has 0 bridgehead atoms. The second kappa shape index (κ2) is 17.4. The van der Waals surface area contributed by atoms with E-state index in [1.165, 1.54) is 12.8 Å². The van der Waals surface area contributed by atoms with Crippen molar-refractivity contribution < 1.29 is 42.9 Å². The zero-order valence-corrected chi connectivity index (χ0v) is 19.3. The van der Waals surface area contributed by atoms with E-state index < -0.39 is 10.1 Å². The van der Waals surface area contributed by atoms with E-state index in [1.54, 1.807) is 24.3 Å². The Morgan fingerprint density at radius 3 is 2.00 bits per heavy atom. The van der Waals surface area contributed by atoms with Gasteiger partial charge in [-0.2, -0.15) is 8.42 Å². The van der Waals surface area contributed by atoms with E-state index >= 15 is 0 Å². The first kappa shape index (κ1) is 27.9. The number of benzene rings is 1. The molecule has 0 saturated carbocycles. The summed E-state index contributed by atoms with van der Waals surface area (Å²) in [4.78, 5) is 4.83. The Labute approximate surface area is 185 Å². The monoisotopic (exact) mass is 464 g/mol. The van der Waals surface area contributed by atoms with Crippen LogP contribution in [0.5, 0.6) is 0 Å². The molecule has 1 aromatic carbocycles. The molecule has 1 aromatic rings. The summed E-state index contributed by atoms with van der Waals surface area (Å²) in [6.07, 6.45) is 10.8. The second-order valence-corrected chi connectivity index (χ2v) is 9.04. The van der Waals surface area contributed by atoms with Crippen molar-refractivity contribution >= 4 is 10.1 Å². The predicted octanol–water partition coefficient (Wildman–Crippen LogP) is 5.60. The number of aryl methyl sites for hydroxylation is 1. The summed E-state index contributed by atoms with van der Waals surface area (Å²) in [5, 5.41) is 22.4. The Kier molecular flexibility index (Phi) is 15.7. The lowest BCUT2D eigenvalue weighted by atomic mass is 10.0. The molecule has 9 nitrogen and oxygen atoms in total. The van der Waals surface area contributed by atoms with Crippen LogP contribution in [0.3, 0.4) is 0 Å². The van der Waals surface area contributed by atoms with Crippen LogP contribution < -0.4 is 0 Å². The SMILES string of the molecule is CCC(CCCCCCCCCCCOOOOOO)OS(=O)(=O)c1ccc(C)cc1. The molecule has 0 spiro atoms. The van der Waals surface area contributed by atoms with E-state index in [4.69, 9.17) is 9.44 Å². The summed E-state index contributed by atoms with van der Waals surface area (Å²) in [6, 6.07) is 6.74. The van der Waals surface area contributed by atoms with Crippen LogP contribution in [-0.2, 0) is 39.3 Å². The lowest BCUT2D eigenvalue weighted by molar-refractivity contribution is -0.753. The fourth-order valence-corrected chi connectivity index (χ4v) is 4.28. The minimum Gasteiger partial charge on any atom is -0.263 e. The van der Waals surface area contributed by atoms with Crippen molar-refractivity contribution in [2.75, 3.05) is 6.61 Å². The van der Waals surface area contributed by atoms with Gasteiger partial charge in [0.15, 0.2) is 0 Å². The Morgan fingerprint density at radius 1 is 0.839 bits per heavy atom. The number of hydrogen-bond acceptors (Lipinski definition) is 9. The zero-order valence-electron chi connectivity index (χ0n) is 18.5. The van der Waals surface area contributed by atoms with Crippen LogP contribution in [-0.4, -0.2) is 26.4 Å². The highest BCUT2D eigenvalue weighted by molar-refractivity contribution is 7.86. The molecule has 0 amide bonds. The van der Waals surface area contributed by atoms with Crippen molar-refractivity contribution in [3.8, 4) is 0 Å². The Bertz CT molecular complexity index is 649. The van der Waals surface area contributed by atoms with Gasteiger partial charge in [0.2, 0.25) is 0 Å². The molecule has 0 fully saturated rings. The molecule has 0 aliphatic heterocycles. The van der Waals surface area contributed by atoms with Gasteiger partial charge in [0.05, 0.1) is 17.6 Å². The molecule has 1 rings (SSSR count). The van der Waals surface area contributed by atoms with Crippen molar-refractivity contribution in [2.24, 2.45) is 0 Å². The third-order valence-corrected chi connectivity index (χ3v) is 6.29. The van der Waals surface area contributed by atoms with Crippen LogP contribution in [0.15, 0.2) is 29.2 Å². The predicted molar refractivity (Wildman–Crippen MR) is 113 cm³/mol. The van der Waals surface area contributed by atoms with Gasteiger partial charge < -0.3 is 0 Å². The quantitative estimate of drug-likeness (QED) is 0.114. The van der Waals surface area contributed by atoms with Gasteiger partial charge in [0, 0.05) is 0 Å². The highest BCUT2D eigenvalue weighted by atomic mass is 32.2. The van der Waals surface area contributed by atoms with Crippen LogP contribution in [0.4, 0.5) is 0 Å². The molecule has 1 N–H and O–H groups in total. The van der Waals surface area contributed by atoms with Gasteiger partial charge in [0.25, 0.3) is 10.1 Å². The van der Waals surface area contributed by atoms with Gasteiger partial charge in [-0.1, -0.05) is 76.0 Å². The topological polar surface area (TPSA) is 110 Å². The molecule has 0 saturated heterocycles. The molecule has 1 atom stereocenters. The molecule has 0 aliphatic rings. The summed E-state index contributed by atoms with van der Waals surface area (Å²) in [7, 11) is -3.70. The van der Waals surface area contributed by atoms with Gasteiger partial charge in [-0.05, 0) is 58.5 Å². The summed E-state index contributed by atoms with van der Waals surface area (Å²) >= 11 is 0. The largest absolute Gasteiger partial charge is 0.297 e. The number of rotatable bonds is 20. The Hall–Kier alpha value is -1.11. The third kappa shape index (κ3) is 13.8. The van der Waals surface area contributed by atoms with Gasteiger partial charge >= 0.3 is 0 Å². The normalized spacial score (nSPS) is 12.9. The van der Waals surface area contributed by atoms with Gasteiger partial charge in [0.1, 0.15) is 0 Å². The first-order chi connectivity index (χ1) is 15.0. The summed E-state index contributed by atoms with van der Waals surface area (Å²) in [5.41, 5.74) is 1.02. The molecule has 180 valence electrons. The van der Waals surface area contributed by atoms with Crippen molar-refractivity contribution in [3.63, 3.8) is 0 Å². The van der Waals surface area contributed by atoms with E-state index in [9.17, 15) is 8.42 Å². The maximum atomic E-state index is 12.4. The maximum Gasteiger partial charge on any atom is 0.297 e. The van der Waals surface area contributed by atoms with Crippen LogP contribution >= 0.6 is 0 Å². The maximum absolute atomic E-state index is 12.4. The molecule has 1 unspecified atom stereocenters. The number of hydrogen-bond donors (Lipinski definition) is 1. The van der Waals surface area contributed by atoms with Gasteiger partial charge in [-0.25, -0.2) is 10.1 Å². The van der Waals surface area contributed by atoms with Crippen LogP contribution in [0.1, 0.15) is 83.1 Å². The van der Waals surface area contributed by atoms with Crippen molar-refractivity contribution in [1.82, 2.24) is 0 Å². The summed E-state index contributed by atoms with van der Waals surface area (Å²) in [5.74, 6) is 0. The molecule has 10 heteroatoms. The first-order valence-corrected chi connectivity index (χ1v) is 12.3. The summed E-state index contributed by atoms with van der Waals surface area (Å²) in [6.45, 7) is 4.23. The highest BCUT2D eigenvalue weighted by Crippen LogP contribution is 2.20. The molecular weight excluding hydrogens is 428 g/mol. The standard InChI is InChI=1S/C21H36O9S/c1-3-20(26-31(23,24)21-16-14-19(2)15-17-21)13-11-9-7-5-4-6-8-10-12-18-25-28-30-29-27-22/h14-17,20,22H,3-13,18H2,1-2H3. The van der Waals surface area contributed by atoms with Crippen LogP contribution in [0, 0.1) is 6.92 Å². The molecule has 0 aromatic heterocycles. The molecule has 0 radical (unpaired) electrons. The molecular formula is C21H36O9S.